The van der Waals surface area contributed by atoms with E-state index in [-0.39, 0.29) is 17.0 Å². The zero-order valence-electron chi connectivity index (χ0n) is 16.5. The Bertz CT molecular complexity index is 824. The molecule has 146 valence electrons. The summed E-state index contributed by atoms with van der Waals surface area (Å²) >= 11 is 1.75. The number of hydrogen-bond donors (Lipinski definition) is 1. The average Bonchev–Trinajstić information content (AvgIpc) is 3.28. The van der Waals surface area contributed by atoms with Crippen molar-refractivity contribution < 1.29 is 4.79 Å². The van der Waals surface area contributed by atoms with Crippen molar-refractivity contribution in [1.29, 1.82) is 0 Å². The Morgan fingerprint density at radius 2 is 2.15 bits per heavy atom. The maximum Gasteiger partial charge on any atom is 0.289 e. The van der Waals surface area contributed by atoms with Crippen molar-refractivity contribution in [1.82, 2.24) is 29.9 Å². The monoisotopic (exact) mass is 388 g/mol. The summed E-state index contributed by atoms with van der Waals surface area (Å²) < 4.78 is 2.04. The summed E-state index contributed by atoms with van der Waals surface area (Å²) in [5, 5.41) is 15.9. The van der Waals surface area contributed by atoms with Crippen molar-refractivity contribution in [2.24, 2.45) is 0 Å². The molecule has 2 aliphatic rings. The fourth-order valence-electron chi connectivity index (χ4n) is 4.13. The molecule has 1 atom stereocenters. The normalized spacial score (nSPS) is 23.7. The summed E-state index contributed by atoms with van der Waals surface area (Å²) in [5.74, 6) is 1.16. The van der Waals surface area contributed by atoms with E-state index in [4.69, 9.17) is 0 Å². The lowest BCUT2D eigenvalue weighted by atomic mass is 9.94. The first-order valence-electron chi connectivity index (χ1n) is 9.45. The summed E-state index contributed by atoms with van der Waals surface area (Å²) in [4.78, 5) is 17.6. The van der Waals surface area contributed by atoms with E-state index in [1.54, 1.807) is 11.3 Å². The molecule has 2 aliphatic heterocycles. The number of nitrogens with one attached hydrogen (secondary N) is 1. The Kier molecular flexibility index (Phi) is 4.60. The van der Waals surface area contributed by atoms with Gasteiger partial charge < -0.3 is 9.88 Å². The second kappa shape index (κ2) is 6.68. The quantitative estimate of drug-likeness (QED) is 0.871. The van der Waals surface area contributed by atoms with Crippen LogP contribution in [0.15, 0.2) is 16.8 Å². The molecule has 2 aromatic rings. The molecule has 27 heavy (non-hydrogen) atoms. The average molecular weight is 389 g/mol. The van der Waals surface area contributed by atoms with E-state index in [1.807, 2.05) is 25.3 Å². The van der Waals surface area contributed by atoms with Crippen LogP contribution in [0.5, 0.6) is 0 Å². The number of carbonyl (C=O) groups excluding carboxylic acids is 1. The van der Waals surface area contributed by atoms with Gasteiger partial charge in [0.25, 0.3) is 5.91 Å². The van der Waals surface area contributed by atoms with Crippen LogP contribution < -0.4 is 5.32 Å². The lowest BCUT2D eigenvalue weighted by Crippen LogP contribution is -2.55. The molecular weight excluding hydrogens is 360 g/mol. The number of carbonyl (C=O) groups is 1. The first kappa shape index (κ1) is 18.6. The van der Waals surface area contributed by atoms with E-state index in [1.165, 1.54) is 5.56 Å². The van der Waals surface area contributed by atoms with Gasteiger partial charge in [0.1, 0.15) is 5.82 Å². The third-order valence-electron chi connectivity index (χ3n) is 5.56. The topological polar surface area (TPSA) is 66.3 Å². The van der Waals surface area contributed by atoms with Crippen LogP contribution in [0.4, 0.5) is 0 Å². The van der Waals surface area contributed by atoms with Gasteiger partial charge in [-0.3, -0.25) is 14.6 Å². The molecule has 0 aliphatic carbocycles. The summed E-state index contributed by atoms with van der Waals surface area (Å²) in [6.07, 6.45) is 1.09. The van der Waals surface area contributed by atoms with Gasteiger partial charge in [0.05, 0.1) is 12.1 Å². The van der Waals surface area contributed by atoms with Crippen LogP contribution in [-0.2, 0) is 19.6 Å². The third-order valence-corrected chi connectivity index (χ3v) is 6.29. The Morgan fingerprint density at radius 3 is 2.85 bits per heavy atom. The standard InChI is InChI=1S/C19H28N6OS/c1-18(2,3)20-17(26)16-22-21-15-10-23(4)19(13-25(15)16)6-7-24(12-19)9-14-5-8-27-11-14/h5,8,11H,6-7,9-10,12-13H2,1-4H3,(H,20,26)/t19-/m0/s1. The molecule has 1 amide bonds. The zero-order chi connectivity index (χ0) is 19.2. The number of rotatable bonds is 3. The van der Waals surface area contributed by atoms with E-state index >= 15 is 0 Å². The summed E-state index contributed by atoms with van der Waals surface area (Å²) in [7, 11) is 2.17. The van der Waals surface area contributed by atoms with Gasteiger partial charge in [0.2, 0.25) is 5.82 Å². The Morgan fingerprint density at radius 1 is 1.33 bits per heavy atom. The number of nitrogens with zero attached hydrogens (tertiary/aromatic N) is 5. The Balaban J connectivity index is 1.54. The SMILES string of the molecule is CN1Cc2nnc(C(=O)NC(C)(C)C)n2C[C@@]12CCN(Cc1ccsc1)C2. The predicted molar refractivity (Wildman–Crippen MR) is 106 cm³/mol. The van der Waals surface area contributed by atoms with Gasteiger partial charge >= 0.3 is 0 Å². The molecule has 8 heteroatoms. The maximum absolute atomic E-state index is 12.7. The third kappa shape index (κ3) is 3.66. The molecule has 0 unspecified atom stereocenters. The van der Waals surface area contributed by atoms with E-state index in [0.29, 0.717) is 5.82 Å². The van der Waals surface area contributed by atoms with Crippen molar-refractivity contribution >= 4 is 17.2 Å². The number of hydrogen-bond acceptors (Lipinski definition) is 6. The number of thiophene rings is 1. The van der Waals surface area contributed by atoms with Crippen molar-refractivity contribution in [3.63, 3.8) is 0 Å². The lowest BCUT2D eigenvalue weighted by molar-refractivity contribution is 0.0645. The molecule has 1 saturated heterocycles. The van der Waals surface area contributed by atoms with Gasteiger partial charge in [-0.05, 0) is 56.6 Å². The second-order valence-electron chi connectivity index (χ2n) is 8.90. The Labute approximate surface area is 164 Å². The molecule has 1 N–H and O–H groups in total. The van der Waals surface area contributed by atoms with Gasteiger partial charge in [-0.2, -0.15) is 11.3 Å². The predicted octanol–water partition coefficient (Wildman–Crippen LogP) is 1.96. The summed E-state index contributed by atoms with van der Waals surface area (Å²) in [5.41, 5.74) is 1.12. The highest BCUT2D eigenvalue weighted by molar-refractivity contribution is 7.07. The number of aromatic nitrogens is 3. The molecule has 0 saturated carbocycles. The number of likely N-dealkylation sites (tertiary alicyclic amines) is 1. The van der Waals surface area contributed by atoms with Gasteiger partial charge in [-0.1, -0.05) is 0 Å². The van der Waals surface area contributed by atoms with Crippen LogP contribution in [0.3, 0.4) is 0 Å². The van der Waals surface area contributed by atoms with Gasteiger partial charge in [-0.25, -0.2) is 0 Å². The molecule has 7 nitrogen and oxygen atoms in total. The van der Waals surface area contributed by atoms with Crippen LogP contribution in [-0.4, -0.2) is 61.7 Å². The molecule has 2 aromatic heterocycles. The van der Waals surface area contributed by atoms with Gasteiger partial charge in [0, 0.05) is 31.7 Å². The van der Waals surface area contributed by atoms with E-state index in [0.717, 1.165) is 45.0 Å². The van der Waals surface area contributed by atoms with Crippen molar-refractivity contribution in [2.45, 2.75) is 57.9 Å². The largest absolute Gasteiger partial charge is 0.345 e. The summed E-state index contributed by atoms with van der Waals surface area (Å²) in [6.45, 7) is 10.5. The molecular formula is C19H28N6OS. The maximum atomic E-state index is 12.7. The van der Waals surface area contributed by atoms with Crippen molar-refractivity contribution in [3.05, 3.63) is 34.0 Å². The number of amides is 1. The molecule has 0 aromatic carbocycles. The van der Waals surface area contributed by atoms with E-state index < -0.39 is 0 Å². The Hall–Kier alpha value is -1.77. The minimum Gasteiger partial charge on any atom is -0.345 e. The highest BCUT2D eigenvalue weighted by Crippen LogP contribution is 2.34. The van der Waals surface area contributed by atoms with Gasteiger partial charge in [0.15, 0.2) is 0 Å². The van der Waals surface area contributed by atoms with Crippen LogP contribution in [0.1, 0.15) is 49.2 Å². The lowest BCUT2D eigenvalue weighted by Gasteiger charge is -2.43. The van der Waals surface area contributed by atoms with Crippen LogP contribution >= 0.6 is 11.3 Å². The highest BCUT2D eigenvalue weighted by Gasteiger charge is 2.46. The second-order valence-corrected chi connectivity index (χ2v) is 9.68. The van der Waals surface area contributed by atoms with Gasteiger partial charge in [-0.15, -0.1) is 10.2 Å². The molecule has 0 radical (unpaired) electrons. The first-order chi connectivity index (χ1) is 12.8. The van der Waals surface area contributed by atoms with Crippen molar-refractivity contribution in [3.8, 4) is 0 Å². The molecule has 4 heterocycles. The van der Waals surface area contributed by atoms with Crippen LogP contribution in [0, 0.1) is 0 Å². The number of likely N-dealkylation sites (N-methyl/N-ethyl adjacent to an activating group) is 1. The zero-order valence-corrected chi connectivity index (χ0v) is 17.3. The fraction of sp³-hybridized carbons (Fsp3) is 0.632. The fourth-order valence-corrected chi connectivity index (χ4v) is 4.79. The minimum absolute atomic E-state index is 0.0299. The van der Waals surface area contributed by atoms with Crippen molar-refractivity contribution in [2.75, 3.05) is 20.1 Å². The van der Waals surface area contributed by atoms with Crippen LogP contribution in [0.2, 0.25) is 0 Å². The first-order valence-corrected chi connectivity index (χ1v) is 10.4. The highest BCUT2D eigenvalue weighted by atomic mass is 32.1. The summed E-state index contributed by atoms with van der Waals surface area (Å²) in [6, 6.07) is 2.20. The van der Waals surface area contributed by atoms with E-state index in [2.05, 4.69) is 49.2 Å². The molecule has 1 spiro atoms. The minimum atomic E-state index is -0.294. The smallest absolute Gasteiger partial charge is 0.289 e. The molecule has 0 bridgehead atoms. The molecule has 1 fully saturated rings. The number of fused-ring (bicyclic) bond motifs is 1. The van der Waals surface area contributed by atoms with Crippen LogP contribution in [0.25, 0.3) is 0 Å². The molecule has 4 rings (SSSR count). The van der Waals surface area contributed by atoms with E-state index in [9.17, 15) is 4.79 Å².